The average Bonchev–Trinajstić information content (AvgIpc) is 2.36. The van der Waals surface area contributed by atoms with Crippen molar-refractivity contribution in [3.05, 3.63) is 29.8 Å². The van der Waals surface area contributed by atoms with E-state index in [1.54, 1.807) is 0 Å². The predicted octanol–water partition coefficient (Wildman–Crippen LogP) is 2.47. The number of ether oxygens (including phenoxy) is 1. The van der Waals surface area contributed by atoms with Gasteiger partial charge in [-0.2, -0.15) is 0 Å². The molecular formula is C16H25NO2. The summed E-state index contributed by atoms with van der Waals surface area (Å²) in [5, 5.41) is 10.1. The van der Waals surface area contributed by atoms with E-state index in [4.69, 9.17) is 4.74 Å². The van der Waals surface area contributed by atoms with Crippen molar-refractivity contribution in [2.24, 2.45) is 5.92 Å². The lowest BCUT2D eigenvalue weighted by Gasteiger charge is -2.36. The van der Waals surface area contributed by atoms with Crippen LogP contribution in [0.25, 0.3) is 0 Å². The van der Waals surface area contributed by atoms with Gasteiger partial charge in [-0.15, -0.1) is 0 Å². The molecule has 3 heteroatoms. The molecule has 1 aromatic carbocycles. The van der Waals surface area contributed by atoms with Gasteiger partial charge in [0.15, 0.2) is 0 Å². The van der Waals surface area contributed by atoms with E-state index in [1.807, 2.05) is 13.8 Å². The zero-order chi connectivity index (χ0) is 13.8. The van der Waals surface area contributed by atoms with Crippen LogP contribution in [0.15, 0.2) is 24.3 Å². The van der Waals surface area contributed by atoms with Crippen LogP contribution in [-0.4, -0.2) is 37.0 Å². The van der Waals surface area contributed by atoms with Crippen LogP contribution in [-0.2, 0) is 11.2 Å². The lowest BCUT2D eigenvalue weighted by atomic mass is 9.94. The quantitative estimate of drug-likeness (QED) is 0.886. The minimum Gasteiger partial charge on any atom is -0.389 e. The minimum atomic E-state index is -0.430. The minimum absolute atomic E-state index is 0.169. The highest BCUT2D eigenvalue weighted by Gasteiger charge is 2.23. The van der Waals surface area contributed by atoms with Crippen LogP contribution in [0.5, 0.6) is 0 Å². The van der Waals surface area contributed by atoms with Gasteiger partial charge in [-0.25, -0.2) is 0 Å². The van der Waals surface area contributed by atoms with Gasteiger partial charge in [0.25, 0.3) is 0 Å². The maximum Gasteiger partial charge on any atom is 0.0948 e. The Morgan fingerprint density at radius 1 is 1.37 bits per heavy atom. The molecule has 0 bridgehead atoms. The van der Waals surface area contributed by atoms with Gasteiger partial charge in [0, 0.05) is 18.8 Å². The number of aliphatic hydroxyl groups excluding tert-OH is 1. The van der Waals surface area contributed by atoms with E-state index >= 15 is 0 Å². The van der Waals surface area contributed by atoms with Crippen molar-refractivity contribution in [3.8, 4) is 0 Å². The molecule has 2 rings (SSSR count). The number of aliphatic hydroxyl groups is 1. The third-order valence-corrected chi connectivity index (χ3v) is 3.49. The monoisotopic (exact) mass is 263 g/mol. The van der Waals surface area contributed by atoms with Crippen molar-refractivity contribution in [1.29, 1.82) is 0 Å². The Morgan fingerprint density at radius 2 is 2.11 bits per heavy atom. The summed E-state index contributed by atoms with van der Waals surface area (Å²) < 4.78 is 5.48. The van der Waals surface area contributed by atoms with Crippen molar-refractivity contribution < 1.29 is 9.84 Å². The Bertz CT molecular complexity index is 405. The first kappa shape index (κ1) is 14.4. The summed E-state index contributed by atoms with van der Waals surface area (Å²) in [7, 11) is 0. The number of fused-ring (bicyclic) bond motifs is 1. The van der Waals surface area contributed by atoms with Crippen LogP contribution in [0.2, 0.25) is 0 Å². The smallest absolute Gasteiger partial charge is 0.0948 e. The zero-order valence-electron chi connectivity index (χ0n) is 12.2. The molecule has 1 heterocycles. The maximum absolute atomic E-state index is 10.1. The summed E-state index contributed by atoms with van der Waals surface area (Å²) >= 11 is 0. The van der Waals surface area contributed by atoms with Crippen molar-refractivity contribution in [3.63, 3.8) is 0 Å². The summed E-state index contributed by atoms with van der Waals surface area (Å²) in [4.78, 5) is 2.29. The van der Waals surface area contributed by atoms with E-state index in [9.17, 15) is 5.11 Å². The SMILES string of the molecule is CC1Cc2ccccc2N(CC(O)COC(C)C)C1. The topological polar surface area (TPSA) is 32.7 Å². The fourth-order valence-corrected chi connectivity index (χ4v) is 2.69. The standard InChI is InChI=1S/C16H25NO2/c1-12(2)19-11-15(18)10-17-9-13(3)8-14-6-4-5-7-16(14)17/h4-7,12-13,15,18H,8-11H2,1-3H3. The number of benzene rings is 1. The van der Waals surface area contributed by atoms with Crippen molar-refractivity contribution in [2.75, 3.05) is 24.6 Å². The number of nitrogens with zero attached hydrogens (tertiary/aromatic N) is 1. The van der Waals surface area contributed by atoms with Crippen LogP contribution < -0.4 is 4.90 Å². The van der Waals surface area contributed by atoms with Crippen LogP contribution in [0.1, 0.15) is 26.3 Å². The van der Waals surface area contributed by atoms with Gasteiger partial charge >= 0.3 is 0 Å². The lowest BCUT2D eigenvalue weighted by Crippen LogP contribution is -2.41. The number of β-amino-alcohol motifs (C(OH)–C–C–N with tert-alkyl or cyclic N) is 1. The first-order valence-corrected chi connectivity index (χ1v) is 7.18. The lowest BCUT2D eigenvalue weighted by molar-refractivity contribution is 0.00861. The van der Waals surface area contributed by atoms with E-state index in [-0.39, 0.29) is 6.10 Å². The van der Waals surface area contributed by atoms with E-state index in [0.29, 0.717) is 19.1 Å². The van der Waals surface area contributed by atoms with E-state index in [1.165, 1.54) is 11.3 Å². The number of hydrogen-bond donors (Lipinski definition) is 1. The molecule has 3 nitrogen and oxygen atoms in total. The van der Waals surface area contributed by atoms with Gasteiger partial charge in [-0.05, 0) is 37.8 Å². The fourth-order valence-electron chi connectivity index (χ4n) is 2.69. The average molecular weight is 263 g/mol. The molecule has 1 aliphatic rings. The zero-order valence-corrected chi connectivity index (χ0v) is 12.2. The molecule has 0 aromatic heterocycles. The maximum atomic E-state index is 10.1. The molecule has 0 fully saturated rings. The molecular weight excluding hydrogens is 238 g/mol. The molecule has 0 radical (unpaired) electrons. The van der Waals surface area contributed by atoms with E-state index in [0.717, 1.165) is 13.0 Å². The predicted molar refractivity (Wildman–Crippen MR) is 78.6 cm³/mol. The Hall–Kier alpha value is -1.06. The van der Waals surface area contributed by atoms with Gasteiger partial charge in [-0.1, -0.05) is 25.1 Å². The Morgan fingerprint density at radius 3 is 2.84 bits per heavy atom. The number of rotatable bonds is 5. The van der Waals surface area contributed by atoms with Crippen molar-refractivity contribution in [1.82, 2.24) is 0 Å². The number of anilines is 1. The second kappa shape index (κ2) is 6.40. The second-order valence-corrected chi connectivity index (χ2v) is 5.88. The highest BCUT2D eigenvalue weighted by Crippen LogP contribution is 2.29. The summed E-state index contributed by atoms with van der Waals surface area (Å²) in [5.41, 5.74) is 2.66. The molecule has 0 saturated heterocycles. The second-order valence-electron chi connectivity index (χ2n) is 5.88. The molecule has 1 aromatic rings. The first-order valence-electron chi connectivity index (χ1n) is 7.18. The first-order chi connectivity index (χ1) is 9.06. The number of para-hydroxylation sites is 1. The number of hydrogen-bond acceptors (Lipinski definition) is 3. The van der Waals surface area contributed by atoms with Gasteiger partial charge in [0.2, 0.25) is 0 Å². The molecule has 1 N–H and O–H groups in total. The summed E-state index contributed by atoms with van der Waals surface area (Å²) in [5.74, 6) is 0.633. The molecule has 0 aliphatic carbocycles. The van der Waals surface area contributed by atoms with E-state index < -0.39 is 6.10 Å². The molecule has 0 spiro atoms. The fraction of sp³-hybridized carbons (Fsp3) is 0.625. The van der Waals surface area contributed by atoms with Crippen LogP contribution >= 0.6 is 0 Å². The van der Waals surface area contributed by atoms with Crippen molar-refractivity contribution >= 4 is 5.69 Å². The Labute approximate surface area is 116 Å². The van der Waals surface area contributed by atoms with Gasteiger partial charge < -0.3 is 14.7 Å². The summed E-state index contributed by atoms with van der Waals surface area (Å²) in [6, 6.07) is 8.50. The van der Waals surface area contributed by atoms with Gasteiger partial charge in [0.05, 0.1) is 18.8 Å². The van der Waals surface area contributed by atoms with E-state index in [2.05, 4.69) is 36.1 Å². The van der Waals surface area contributed by atoms with Crippen molar-refractivity contribution in [2.45, 2.75) is 39.4 Å². The molecule has 1 aliphatic heterocycles. The van der Waals surface area contributed by atoms with Gasteiger partial charge in [0.1, 0.15) is 0 Å². The molecule has 106 valence electrons. The molecule has 2 unspecified atom stereocenters. The normalized spacial score (nSPS) is 20.5. The summed E-state index contributed by atoms with van der Waals surface area (Å²) in [6.07, 6.45) is 0.869. The molecule has 0 saturated carbocycles. The third kappa shape index (κ3) is 3.95. The van der Waals surface area contributed by atoms with Crippen LogP contribution in [0.3, 0.4) is 0 Å². The highest BCUT2D eigenvalue weighted by atomic mass is 16.5. The largest absolute Gasteiger partial charge is 0.389 e. The van der Waals surface area contributed by atoms with Gasteiger partial charge in [-0.3, -0.25) is 0 Å². The Balaban J connectivity index is 2.00. The van der Waals surface area contributed by atoms with Crippen LogP contribution in [0.4, 0.5) is 5.69 Å². The highest BCUT2D eigenvalue weighted by molar-refractivity contribution is 5.55. The summed E-state index contributed by atoms with van der Waals surface area (Å²) in [6.45, 7) is 8.31. The molecule has 0 amide bonds. The molecule has 2 atom stereocenters. The molecule has 19 heavy (non-hydrogen) atoms. The Kier molecular flexibility index (Phi) is 4.83. The third-order valence-electron chi connectivity index (χ3n) is 3.49. The van der Waals surface area contributed by atoms with Crippen LogP contribution in [0, 0.1) is 5.92 Å².